The molecule has 18 atom stereocenters. The standard InChI is InChI=1S/C41H47NO20/c43-11-21-29(48)32(51)35(54)38(57-21)56-16-9-19(47)25-20(10-16)61-41(26(14-5-7-15(46)8-6-14)24-17-3-1-2-4-18(17)42-28(24)27(25)41)62-40-37(34(53)31(50)23(13-45)59-40)60-39-36(55)33(52)30(49)22(12-44)58-39/h1-10,21-23,26-27,29-40,42-55H,11-13H2. The molecule has 18 unspecified atom stereocenters. The second-order valence-electron chi connectivity index (χ2n) is 16.1. The van der Waals surface area contributed by atoms with Crippen LogP contribution in [0.15, 0.2) is 60.7 Å². The van der Waals surface area contributed by atoms with E-state index in [1.54, 1.807) is 18.2 Å². The van der Waals surface area contributed by atoms with Crippen molar-refractivity contribution in [3.8, 4) is 23.0 Å². The molecule has 0 saturated carbocycles. The number of rotatable bonds is 10. The van der Waals surface area contributed by atoms with Crippen molar-refractivity contribution in [2.45, 2.75) is 110 Å². The zero-order chi connectivity index (χ0) is 43.9. The molecule has 1 aliphatic carbocycles. The van der Waals surface area contributed by atoms with Gasteiger partial charge in [-0.15, -0.1) is 0 Å². The number of phenols is 2. The molecule has 21 nitrogen and oxygen atoms in total. The molecule has 5 heterocycles. The van der Waals surface area contributed by atoms with Crippen LogP contribution in [-0.4, -0.2) is 189 Å². The highest BCUT2D eigenvalue weighted by Gasteiger charge is 2.67. The normalized spacial score (nSPS) is 40.1. The molecule has 0 bridgehead atoms. The van der Waals surface area contributed by atoms with Gasteiger partial charge in [0.1, 0.15) is 96.2 Å². The smallest absolute Gasteiger partial charge is 0.236 e. The molecule has 1 aromatic heterocycles. The Morgan fingerprint density at radius 3 is 1.82 bits per heavy atom. The lowest BCUT2D eigenvalue weighted by atomic mass is 9.84. The van der Waals surface area contributed by atoms with Crippen molar-refractivity contribution in [2.24, 2.45) is 0 Å². The minimum absolute atomic E-state index is 0.0656. The van der Waals surface area contributed by atoms with Crippen LogP contribution in [0.3, 0.4) is 0 Å². The van der Waals surface area contributed by atoms with Gasteiger partial charge in [0.05, 0.1) is 37.2 Å². The Kier molecular flexibility index (Phi) is 11.4. The second-order valence-corrected chi connectivity index (χ2v) is 16.1. The number of nitrogens with one attached hydrogen (secondary N) is 1. The predicted octanol–water partition coefficient (Wildman–Crippen LogP) is -3.24. The summed E-state index contributed by atoms with van der Waals surface area (Å²) in [4.78, 5) is 3.42. The van der Waals surface area contributed by atoms with E-state index in [4.69, 9.17) is 33.2 Å². The van der Waals surface area contributed by atoms with Gasteiger partial charge in [-0.05, 0) is 29.3 Å². The number of benzene rings is 3. The van der Waals surface area contributed by atoms with E-state index in [1.165, 1.54) is 24.3 Å². The number of ether oxygens (including phenoxy) is 7. The molecule has 9 rings (SSSR count). The number of hydrogen-bond acceptors (Lipinski definition) is 20. The van der Waals surface area contributed by atoms with Crippen molar-refractivity contribution in [1.82, 2.24) is 4.98 Å². The van der Waals surface area contributed by atoms with E-state index in [0.29, 0.717) is 27.7 Å². The maximum atomic E-state index is 11.9. The number of aromatic amines is 1. The first-order valence-electron chi connectivity index (χ1n) is 19.9. The molecular formula is C41H47NO20. The summed E-state index contributed by atoms with van der Waals surface area (Å²) in [6.07, 6.45) is -26.2. The van der Waals surface area contributed by atoms with Crippen molar-refractivity contribution in [3.63, 3.8) is 0 Å². The van der Waals surface area contributed by atoms with Crippen molar-refractivity contribution in [3.05, 3.63) is 83.0 Å². The fourth-order valence-electron chi connectivity index (χ4n) is 9.29. The molecular weight excluding hydrogens is 826 g/mol. The first-order valence-corrected chi connectivity index (χ1v) is 19.9. The minimum atomic E-state index is -2.09. The van der Waals surface area contributed by atoms with Crippen molar-refractivity contribution < 1.29 is 99.5 Å². The van der Waals surface area contributed by atoms with Gasteiger partial charge in [-0.25, -0.2) is 0 Å². The zero-order valence-corrected chi connectivity index (χ0v) is 32.4. The monoisotopic (exact) mass is 873 g/mol. The van der Waals surface area contributed by atoms with Crippen LogP contribution in [0.2, 0.25) is 0 Å². The summed E-state index contributed by atoms with van der Waals surface area (Å²) in [6, 6.07) is 15.9. The average Bonchev–Trinajstić information content (AvgIpc) is 3.87. The van der Waals surface area contributed by atoms with Crippen molar-refractivity contribution in [2.75, 3.05) is 19.8 Å². The van der Waals surface area contributed by atoms with Gasteiger partial charge < -0.3 is 105 Å². The number of aromatic hydroxyl groups is 2. The molecule has 4 aliphatic heterocycles. The largest absolute Gasteiger partial charge is 0.508 e. The van der Waals surface area contributed by atoms with Crippen LogP contribution in [-0.2, 0) is 23.7 Å². The molecule has 336 valence electrons. The summed E-state index contributed by atoms with van der Waals surface area (Å²) in [5, 5.41) is 139. The molecule has 3 aromatic carbocycles. The van der Waals surface area contributed by atoms with Crippen LogP contribution < -0.4 is 9.47 Å². The third-order valence-electron chi connectivity index (χ3n) is 12.4. The molecule has 3 saturated heterocycles. The molecule has 0 amide bonds. The molecule has 0 radical (unpaired) electrons. The molecule has 14 N–H and O–H groups in total. The van der Waals surface area contributed by atoms with Gasteiger partial charge in [0.25, 0.3) is 0 Å². The summed E-state index contributed by atoms with van der Waals surface area (Å²) in [5.74, 6) is -4.99. The number of fused-ring (bicyclic) bond motifs is 7. The lowest BCUT2D eigenvalue weighted by Crippen LogP contribution is -2.66. The van der Waals surface area contributed by atoms with Gasteiger partial charge in [0, 0.05) is 28.7 Å². The summed E-state index contributed by atoms with van der Waals surface area (Å²) in [6.45, 7) is -2.39. The average molecular weight is 874 g/mol. The number of phenolic OH excluding ortho intramolecular Hbond substituents is 2. The molecule has 21 heteroatoms. The molecule has 5 aliphatic rings. The number of aliphatic hydroxyl groups excluding tert-OH is 11. The number of para-hydroxylation sites is 1. The van der Waals surface area contributed by atoms with E-state index in [1.807, 2.05) is 18.2 Å². The van der Waals surface area contributed by atoms with E-state index in [2.05, 4.69) is 4.98 Å². The second kappa shape index (κ2) is 16.4. The number of hydrogen-bond donors (Lipinski definition) is 14. The van der Waals surface area contributed by atoms with Crippen LogP contribution in [0.1, 0.15) is 34.2 Å². The topological polar surface area (TPSA) is 343 Å². The maximum Gasteiger partial charge on any atom is 0.236 e. The fourth-order valence-corrected chi connectivity index (χ4v) is 9.29. The highest BCUT2D eigenvalue weighted by Crippen LogP contribution is 2.66. The Morgan fingerprint density at radius 2 is 1.18 bits per heavy atom. The van der Waals surface area contributed by atoms with E-state index < -0.39 is 135 Å². The summed E-state index contributed by atoms with van der Waals surface area (Å²) >= 11 is 0. The van der Waals surface area contributed by atoms with Crippen LogP contribution in [0.5, 0.6) is 23.0 Å². The van der Waals surface area contributed by atoms with Gasteiger partial charge in [0.2, 0.25) is 12.1 Å². The summed E-state index contributed by atoms with van der Waals surface area (Å²) in [7, 11) is 0. The molecule has 0 spiro atoms. The first-order chi connectivity index (χ1) is 29.7. The van der Waals surface area contributed by atoms with Gasteiger partial charge in [-0.2, -0.15) is 0 Å². The lowest BCUT2D eigenvalue weighted by Gasteiger charge is -2.48. The lowest BCUT2D eigenvalue weighted by molar-refractivity contribution is -0.392. The van der Waals surface area contributed by atoms with Gasteiger partial charge in [-0.1, -0.05) is 30.3 Å². The highest BCUT2D eigenvalue weighted by atomic mass is 16.8. The summed E-state index contributed by atoms with van der Waals surface area (Å²) in [5.41, 5.74) is 2.39. The molecule has 3 fully saturated rings. The Morgan fingerprint density at radius 1 is 0.597 bits per heavy atom. The number of aromatic nitrogens is 1. The first kappa shape index (κ1) is 43.0. The minimum Gasteiger partial charge on any atom is -0.508 e. The number of aliphatic hydroxyl groups is 11. The van der Waals surface area contributed by atoms with Gasteiger partial charge in [-0.3, -0.25) is 0 Å². The summed E-state index contributed by atoms with van der Waals surface area (Å²) < 4.78 is 42.9. The Balaban J connectivity index is 1.18. The van der Waals surface area contributed by atoms with Gasteiger partial charge in [0.15, 0.2) is 12.6 Å². The quantitative estimate of drug-likeness (QED) is 0.0745. The van der Waals surface area contributed by atoms with Crippen molar-refractivity contribution >= 4 is 10.9 Å². The third-order valence-corrected chi connectivity index (χ3v) is 12.4. The van der Waals surface area contributed by atoms with E-state index in [0.717, 1.165) is 0 Å². The Hall–Kier alpha value is -4.24. The van der Waals surface area contributed by atoms with E-state index in [-0.39, 0.29) is 22.8 Å². The van der Waals surface area contributed by atoms with Gasteiger partial charge >= 0.3 is 0 Å². The van der Waals surface area contributed by atoms with Crippen molar-refractivity contribution in [1.29, 1.82) is 0 Å². The third kappa shape index (κ3) is 6.80. The van der Waals surface area contributed by atoms with E-state index in [9.17, 15) is 66.4 Å². The van der Waals surface area contributed by atoms with Crippen LogP contribution in [0, 0.1) is 0 Å². The predicted molar refractivity (Wildman–Crippen MR) is 203 cm³/mol. The van der Waals surface area contributed by atoms with Crippen LogP contribution in [0.4, 0.5) is 0 Å². The van der Waals surface area contributed by atoms with E-state index >= 15 is 0 Å². The maximum absolute atomic E-state index is 11.9. The fraction of sp³-hybridized carbons (Fsp3) is 0.512. The van der Waals surface area contributed by atoms with Crippen LogP contribution >= 0.6 is 0 Å². The Bertz CT molecular complexity index is 2240. The molecule has 62 heavy (non-hydrogen) atoms. The number of H-pyrrole nitrogens is 1. The zero-order valence-electron chi connectivity index (χ0n) is 32.4. The molecule has 4 aromatic rings. The SMILES string of the molecule is OCC1OC(Oc2cc(O)c3c(c2)OC2(OC4OC(CO)C(O)C(O)C4OC4OC(CO)C(O)C(O)C4O)C3c3[nH]c4ccccc4c3C2c2ccc(O)cc2)C(O)C(O)C1O. The highest BCUT2D eigenvalue weighted by molar-refractivity contribution is 5.88. The van der Waals surface area contributed by atoms with Crippen LogP contribution in [0.25, 0.3) is 10.9 Å². The Labute approximate surface area is 350 Å².